The summed E-state index contributed by atoms with van der Waals surface area (Å²) in [6.45, 7) is 5.13. The lowest BCUT2D eigenvalue weighted by Gasteiger charge is -2.14. The van der Waals surface area contributed by atoms with Crippen molar-refractivity contribution in [3.8, 4) is 0 Å². The lowest BCUT2D eigenvalue weighted by Crippen LogP contribution is -2.18. The quantitative estimate of drug-likeness (QED) is 0.833. The van der Waals surface area contributed by atoms with E-state index in [0.29, 0.717) is 6.04 Å². The molecule has 0 saturated heterocycles. The fourth-order valence-corrected chi connectivity index (χ4v) is 2.35. The van der Waals surface area contributed by atoms with Crippen molar-refractivity contribution in [1.82, 2.24) is 10.3 Å². The molecule has 0 spiro atoms. The number of nitrogens with zero attached hydrogens (tertiary/aromatic N) is 1. The van der Waals surface area contributed by atoms with Crippen molar-refractivity contribution in [2.75, 3.05) is 0 Å². The van der Waals surface area contributed by atoms with Crippen molar-refractivity contribution in [1.29, 1.82) is 0 Å². The molecule has 19 heavy (non-hydrogen) atoms. The molecule has 2 rings (SSSR count). The molecule has 1 heterocycles. The molecule has 0 bridgehead atoms. The number of pyridine rings is 1. The molecule has 0 saturated carbocycles. The van der Waals surface area contributed by atoms with Crippen LogP contribution in [0.1, 0.15) is 36.7 Å². The van der Waals surface area contributed by atoms with Crippen molar-refractivity contribution in [2.24, 2.45) is 0 Å². The molecule has 1 unspecified atom stereocenters. The maximum absolute atomic E-state index is 4.42. The van der Waals surface area contributed by atoms with E-state index >= 15 is 0 Å². The van der Waals surface area contributed by atoms with Crippen LogP contribution in [0.25, 0.3) is 0 Å². The fraction of sp³-hybridized carbons (Fsp3) is 0.312. The van der Waals surface area contributed by atoms with Gasteiger partial charge in [-0.3, -0.25) is 0 Å². The molecule has 0 radical (unpaired) electrons. The number of aryl methyl sites for hydroxylation is 1. The fourth-order valence-electron chi connectivity index (χ4n) is 1.97. The largest absolute Gasteiger partial charge is 0.305 e. The summed E-state index contributed by atoms with van der Waals surface area (Å²) in [5.41, 5.74) is 3.74. The molecule has 3 heteroatoms. The maximum Gasteiger partial charge on any atom is 0.106 e. The molecule has 1 aromatic carbocycles. The normalized spacial score (nSPS) is 12.4. The summed E-state index contributed by atoms with van der Waals surface area (Å²) in [6, 6.07) is 15.1. The van der Waals surface area contributed by atoms with E-state index in [1.165, 1.54) is 11.1 Å². The Kier molecular flexibility index (Phi) is 5.11. The highest BCUT2D eigenvalue weighted by molar-refractivity contribution is 9.10. The van der Waals surface area contributed by atoms with Gasteiger partial charge in [0.25, 0.3) is 0 Å². The predicted octanol–water partition coefficient (Wildman–Crippen LogP) is 4.26. The van der Waals surface area contributed by atoms with Crippen LogP contribution in [0.4, 0.5) is 0 Å². The molecule has 1 atom stereocenters. The number of halogens is 1. The number of aromatic nitrogens is 1. The number of hydrogen-bond acceptors (Lipinski definition) is 2. The van der Waals surface area contributed by atoms with Crippen LogP contribution in [-0.2, 0) is 13.0 Å². The number of hydrogen-bond donors (Lipinski definition) is 1. The molecule has 1 aromatic heterocycles. The molecular weight excluding hydrogens is 300 g/mol. The van der Waals surface area contributed by atoms with E-state index in [1.807, 2.05) is 18.2 Å². The number of rotatable bonds is 5. The Morgan fingerprint density at radius 3 is 2.53 bits per heavy atom. The second kappa shape index (κ2) is 6.83. The smallest absolute Gasteiger partial charge is 0.106 e. The molecule has 0 aliphatic rings. The summed E-state index contributed by atoms with van der Waals surface area (Å²) < 4.78 is 0.881. The highest BCUT2D eigenvalue weighted by Crippen LogP contribution is 2.14. The minimum absolute atomic E-state index is 0.326. The Bertz CT molecular complexity index is 523. The van der Waals surface area contributed by atoms with Gasteiger partial charge in [-0.2, -0.15) is 0 Å². The van der Waals surface area contributed by atoms with Crippen LogP contribution < -0.4 is 5.32 Å². The van der Waals surface area contributed by atoms with Crippen molar-refractivity contribution >= 4 is 15.9 Å². The van der Waals surface area contributed by atoms with Crippen LogP contribution in [0.15, 0.2) is 47.1 Å². The zero-order valence-electron chi connectivity index (χ0n) is 11.4. The highest BCUT2D eigenvalue weighted by Gasteiger charge is 2.05. The third-order valence-corrected chi connectivity index (χ3v) is 3.69. The first-order valence-corrected chi connectivity index (χ1v) is 7.42. The Morgan fingerprint density at radius 1 is 1.16 bits per heavy atom. The first-order chi connectivity index (χ1) is 9.19. The van der Waals surface area contributed by atoms with Gasteiger partial charge in [0.2, 0.25) is 0 Å². The van der Waals surface area contributed by atoms with Crippen LogP contribution in [0.2, 0.25) is 0 Å². The lowest BCUT2D eigenvalue weighted by atomic mass is 10.0. The molecule has 1 N–H and O–H groups in total. The standard InChI is InChI=1S/C16H19BrN2/c1-3-13-7-9-14(10-8-13)12(2)18-11-15-5-4-6-16(17)19-15/h4-10,12,18H,3,11H2,1-2H3. The van der Waals surface area contributed by atoms with Gasteiger partial charge in [-0.1, -0.05) is 37.3 Å². The molecular formula is C16H19BrN2. The first-order valence-electron chi connectivity index (χ1n) is 6.62. The average molecular weight is 319 g/mol. The Morgan fingerprint density at radius 2 is 1.89 bits per heavy atom. The van der Waals surface area contributed by atoms with E-state index in [0.717, 1.165) is 23.3 Å². The zero-order chi connectivity index (χ0) is 13.7. The van der Waals surface area contributed by atoms with E-state index in [9.17, 15) is 0 Å². The predicted molar refractivity (Wildman–Crippen MR) is 83.0 cm³/mol. The van der Waals surface area contributed by atoms with Gasteiger partial charge in [0.15, 0.2) is 0 Å². The first kappa shape index (κ1) is 14.2. The zero-order valence-corrected chi connectivity index (χ0v) is 12.9. The third kappa shape index (κ3) is 4.15. The average Bonchev–Trinajstić information content (AvgIpc) is 2.45. The van der Waals surface area contributed by atoms with Crippen molar-refractivity contribution in [2.45, 2.75) is 32.9 Å². The number of nitrogens with one attached hydrogen (secondary N) is 1. The third-order valence-electron chi connectivity index (χ3n) is 3.25. The molecule has 0 amide bonds. The van der Waals surface area contributed by atoms with E-state index in [2.05, 4.69) is 64.3 Å². The SMILES string of the molecule is CCc1ccc(C(C)NCc2cccc(Br)n2)cc1. The van der Waals surface area contributed by atoms with Gasteiger partial charge >= 0.3 is 0 Å². The van der Waals surface area contributed by atoms with E-state index < -0.39 is 0 Å². The van der Waals surface area contributed by atoms with Gasteiger partial charge in [0.1, 0.15) is 4.60 Å². The second-order valence-corrected chi connectivity index (χ2v) is 5.46. The summed E-state index contributed by atoms with van der Waals surface area (Å²) >= 11 is 3.39. The molecule has 0 aliphatic carbocycles. The lowest BCUT2D eigenvalue weighted by molar-refractivity contribution is 0.567. The Balaban J connectivity index is 1.95. The minimum atomic E-state index is 0.326. The highest BCUT2D eigenvalue weighted by atomic mass is 79.9. The van der Waals surface area contributed by atoms with Crippen LogP contribution in [0.3, 0.4) is 0 Å². The summed E-state index contributed by atoms with van der Waals surface area (Å²) in [6.07, 6.45) is 1.09. The molecule has 2 nitrogen and oxygen atoms in total. The van der Waals surface area contributed by atoms with Gasteiger partial charge in [-0.15, -0.1) is 0 Å². The Labute approximate surface area is 123 Å². The van der Waals surface area contributed by atoms with Crippen LogP contribution >= 0.6 is 15.9 Å². The Hall–Kier alpha value is -1.19. The monoisotopic (exact) mass is 318 g/mol. The molecule has 0 fully saturated rings. The van der Waals surface area contributed by atoms with Gasteiger partial charge in [-0.05, 0) is 52.5 Å². The topological polar surface area (TPSA) is 24.9 Å². The van der Waals surface area contributed by atoms with E-state index in [1.54, 1.807) is 0 Å². The minimum Gasteiger partial charge on any atom is -0.305 e. The molecule has 100 valence electrons. The van der Waals surface area contributed by atoms with E-state index in [4.69, 9.17) is 0 Å². The second-order valence-electron chi connectivity index (χ2n) is 4.65. The van der Waals surface area contributed by atoms with E-state index in [-0.39, 0.29) is 0 Å². The van der Waals surface area contributed by atoms with Gasteiger partial charge < -0.3 is 5.32 Å². The molecule has 0 aliphatic heterocycles. The van der Waals surface area contributed by atoms with Crippen molar-refractivity contribution < 1.29 is 0 Å². The van der Waals surface area contributed by atoms with Crippen LogP contribution in [-0.4, -0.2) is 4.98 Å². The molecule has 2 aromatic rings. The summed E-state index contributed by atoms with van der Waals surface area (Å²) in [5.74, 6) is 0. The number of benzene rings is 1. The van der Waals surface area contributed by atoms with Crippen molar-refractivity contribution in [3.63, 3.8) is 0 Å². The summed E-state index contributed by atoms with van der Waals surface area (Å²) in [5, 5.41) is 3.50. The summed E-state index contributed by atoms with van der Waals surface area (Å²) in [7, 11) is 0. The van der Waals surface area contributed by atoms with Gasteiger partial charge in [0.05, 0.1) is 5.69 Å². The van der Waals surface area contributed by atoms with Crippen LogP contribution in [0, 0.1) is 0 Å². The van der Waals surface area contributed by atoms with Crippen molar-refractivity contribution in [3.05, 3.63) is 63.9 Å². The summed E-state index contributed by atoms with van der Waals surface area (Å²) in [4.78, 5) is 4.42. The van der Waals surface area contributed by atoms with Gasteiger partial charge in [-0.25, -0.2) is 4.98 Å². The maximum atomic E-state index is 4.42. The van der Waals surface area contributed by atoms with Crippen LogP contribution in [0.5, 0.6) is 0 Å². The van der Waals surface area contributed by atoms with Gasteiger partial charge in [0, 0.05) is 12.6 Å².